The molecule has 2 aromatic heterocycles. The van der Waals surface area contributed by atoms with Gasteiger partial charge in [-0.1, -0.05) is 17.8 Å². The van der Waals surface area contributed by atoms with Crippen LogP contribution >= 0.6 is 23.1 Å². The zero-order valence-corrected chi connectivity index (χ0v) is 14.6. The molecule has 0 saturated carbocycles. The van der Waals surface area contributed by atoms with E-state index < -0.39 is 11.2 Å². The van der Waals surface area contributed by atoms with Gasteiger partial charge in [0, 0.05) is 11.4 Å². The second-order valence-corrected chi connectivity index (χ2v) is 8.04. The van der Waals surface area contributed by atoms with Gasteiger partial charge in [0.2, 0.25) is 5.91 Å². The van der Waals surface area contributed by atoms with E-state index in [0.29, 0.717) is 11.7 Å². The molecular weight excluding hydrogens is 330 g/mol. The van der Waals surface area contributed by atoms with E-state index in [2.05, 4.69) is 11.6 Å². The van der Waals surface area contributed by atoms with Crippen molar-refractivity contribution in [1.82, 2.24) is 9.55 Å². The standard InChI is InChI=1S/C16H19N3O2S2/c1-3-8-19-15(21)12-10-6-4-5-7-11(10)23-14(12)18-16(19)22-9(2)13(17)20/h3,9H,1,4-8H2,2H3,(H2,17,20)/t9-/m0/s1. The predicted octanol–water partition coefficient (Wildman–Crippen LogP) is 2.49. The van der Waals surface area contributed by atoms with Gasteiger partial charge in [-0.3, -0.25) is 14.2 Å². The van der Waals surface area contributed by atoms with Crippen LogP contribution < -0.4 is 11.3 Å². The number of aryl methyl sites for hydroxylation is 2. The largest absolute Gasteiger partial charge is 0.369 e. The van der Waals surface area contributed by atoms with Crippen LogP contribution in [-0.2, 0) is 24.2 Å². The number of nitrogens with zero attached hydrogens (tertiary/aromatic N) is 2. The van der Waals surface area contributed by atoms with Crippen molar-refractivity contribution in [2.24, 2.45) is 5.73 Å². The summed E-state index contributed by atoms with van der Waals surface area (Å²) in [6.07, 6.45) is 5.94. The molecule has 0 aliphatic heterocycles. The van der Waals surface area contributed by atoms with Gasteiger partial charge in [0.15, 0.2) is 5.16 Å². The Labute approximate surface area is 142 Å². The molecule has 2 heterocycles. The van der Waals surface area contributed by atoms with Gasteiger partial charge in [-0.25, -0.2) is 4.98 Å². The first-order valence-electron chi connectivity index (χ1n) is 7.65. The highest BCUT2D eigenvalue weighted by Crippen LogP contribution is 2.35. The normalized spacial score (nSPS) is 15.3. The number of fused-ring (bicyclic) bond motifs is 3. The van der Waals surface area contributed by atoms with Crippen LogP contribution in [0.1, 0.15) is 30.2 Å². The number of thiophene rings is 1. The van der Waals surface area contributed by atoms with E-state index in [-0.39, 0.29) is 5.56 Å². The molecule has 2 N–H and O–H groups in total. The Bertz CT molecular complexity index is 838. The minimum atomic E-state index is -0.440. The number of hydrogen-bond acceptors (Lipinski definition) is 5. The Hall–Kier alpha value is -1.60. The number of nitrogens with two attached hydrogens (primary N) is 1. The van der Waals surface area contributed by atoms with Gasteiger partial charge in [-0.2, -0.15) is 0 Å². The summed E-state index contributed by atoms with van der Waals surface area (Å²) in [6, 6.07) is 0. The molecule has 23 heavy (non-hydrogen) atoms. The zero-order chi connectivity index (χ0) is 16.6. The molecule has 0 bridgehead atoms. The molecule has 7 heteroatoms. The summed E-state index contributed by atoms with van der Waals surface area (Å²) < 4.78 is 1.60. The van der Waals surface area contributed by atoms with Crippen molar-refractivity contribution >= 4 is 39.2 Å². The summed E-state index contributed by atoms with van der Waals surface area (Å²) in [4.78, 5) is 31.1. The van der Waals surface area contributed by atoms with Crippen molar-refractivity contribution < 1.29 is 4.79 Å². The maximum Gasteiger partial charge on any atom is 0.263 e. The van der Waals surface area contributed by atoms with Crippen molar-refractivity contribution in [3.05, 3.63) is 33.4 Å². The molecule has 1 amide bonds. The number of rotatable bonds is 5. The molecular formula is C16H19N3O2S2. The Morgan fingerprint density at radius 3 is 2.96 bits per heavy atom. The minimum absolute atomic E-state index is 0.0338. The number of thioether (sulfide) groups is 1. The average Bonchev–Trinajstić information content (AvgIpc) is 2.89. The molecule has 1 aliphatic carbocycles. The molecule has 0 aromatic carbocycles. The summed E-state index contributed by atoms with van der Waals surface area (Å²) in [5, 5.41) is 0.847. The van der Waals surface area contributed by atoms with Crippen molar-refractivity contribution in [1.29, 1.82) is 0 Å². The molecule has 0 fully saturated rings. The lowest BCUT2D eigenvalue weighted by Gasteiger charge is -2.13. The van der Waals surface area contributed by atoms with Crippen molar-refractivity contribution in [2.75, 3.05) is 0 Å². The summed E-state index contributed by atoms with van der Waals surface area (Å²) in [5.74, 6) is -0.417. The van der Waals surface area contributed by atoms with Gasteiger partial charge in [-0.15, -0.1) is 17.9 Å². The van der Waals surface area contributed by atoms with Gasteiger partial charge >= 0.3 is 0 Å². The van der Waals surface area contributed by atoms with Gasteiger partial charge in [0.05, 0.1) is 10.6 Å². The van der Waals surface area contributed by atoms with E-state index in [9.17, 15) is 9.59 Å². The number of amides is 1. The maximum atomic E-state index is 13.0. The van der Waals surface area contributed by atoms with E-state index >= 15 is 0 Å². The highest BCUT2D eigenvalue weighted by atomic mass is 32.2. The molecule has 0 spiro atoms. The van der Waals surface area contributed by atoms with Gasteiger partial charge in [-0.05, 0) is 38.2 Å². The molecule has 0 unspecified atom stereocenters. The SMILES string of the molecule is C=CCn1c(S[C@@H](C)C(N)=O)nc2sc3c(c2c1=O)CCCC3. The Balaban J connectivity index is 2.19. The summed E-state index contributed by atoms with van der Waals surface area (Å²) in [5.41, 5.74) is 6.48. The smallest absolute Gasteiger partial charge is 0.263 e. The fourth-order valence-electron chi connectivity index (χ4n) is 2.82. The third kappa shape index (κ3) is 2.95. The van der Waals surface area contributed by atoms with Crippen LogP contribution in [0.25, 0.3) is 10.2 Å². The van der Waals surface area contributed by atoms with E-state index in [0.717, 1.165) is 29.5 Å². The first kappa shape index (κ1) is 16.3. The van der Waals surface area contributed by atoms with E-state index in [4.69, 9.17) is 5.73 Å². The fourth-order valence-corrected chi connectivity index (χ4v) is 4.99. The number of allylic oxidation sites excluding steroid dienone is 1. The number of primary amides is 1. The van der Waals surface area contributed by atoms with Crippen LogP contribution in [0.5, 0.6) is 0 Å². The van der Waals surface area contributed by atoms with E-state index in [1.54, 1.807) is 28.9 Å². The van der Waals surface area contributed by atoms with Crippen LogP contribution in [0.15, 0.2) is 22.6 Å². The molecule has 1 aliphatic rings. The molecule has 0 radical (unpaired) electrons. The van der Waals surface area contributed by atoms with Crippen LogP contribution in [0.2, 0.25) is 0 Å². The molecule has 1 atom stereocenters. The molecule has 2 aromatic rings. The molecule has 0 saturated heterocycles. The molecule has 5 nitrogen and oxygen atoms in total. The number of carbonyl (C=O) groups excluding carboxylic acids is 1. The highest BCUT2D eigenvalue weighted by Gasteiger charge is 2.23. The predicted molar refractivity (Wildman–Crippen MR) is 95.2 cm³/mol. The highest BCUT2D eigenvalue weighted by molar-refractivity contribution is 8.00. The zero-order valence-electron chi connectivity index (χ0n) is 13.0. The Morgan fingerprint density at radius 2 is 2.26 bits per heavy atom. The second-order valence-electron chi connectivity index (χ2n) is 5.65. The minimum Gasteiger partial charge on any atom is -0.369 e. The third-order valence-corrected chi connectivity index (χ3v) is 6.33. The fraction of sp³-hybridized carbons (Fsp3) is 0.438. The molecule has 122 valence electrons. The van der Waals surface area contributed by atoms with Crippen molar-refractivity contribution in [3.8, 4) is 0 Å². The van der Waals surface area contributed by atoms with Crippen LogP contribution in [0.4, 0.5) is 0 Å². The Kier molecular flexibility index (Phi) is 4.59. The van der Waals surface area contributed by atoms with Crippen LogP contribution in [0, 0.1) is 0 Å². The van der Waals surface area contributed by atoms with Crippen LogP contribution in [-0.4, -0.2) is 20.7 Å². The average molecular weight is 349 g/mol. The van der Waals surface area contributed by atoms with Crippen LogP contribution in [0.3, 0.4) is 0 Å². The lowest BCUT2D eigenvalue weighted by molar-refractivity contribution is -0.117. The summed E-state index contributed by atoms with van der Waals surface area (Å²) in [6.45, 7) is 5.82. The summed E-state index contributed by atoms with van der Waals surface area (Å²) >= 11 is 2.84. The first-order chi connectivity index (χ1) is 11.0. The number of carbonyl (C=O) groups is 1. The van der Waals surface area contributed by atoms with Gasteiger partial charge < -0.3 is 5.73 Å². The van der Waals surface area contributed by atoms with E-state index in [1.165, 1.54) is 28.6 Å². The van der Waals surface area contributed by atoms with Crippen molar-refractivity contribution in [3.63, 3.8) is 0 Å². The third-order valence-electron chi connectivity index (χ3n) is 4.03. The van der Waals surface area contributed by atoms with E-state index in [1.807, 2.05) is 0 Å². The number of hydrogen-bond donors (Lipinski definition) is 1. The quantitative estimate of drug-likeness (QED) is 0.511. The lowest BCUT2D eigenvalue weighted by Crippen LogP contribution is -2.27. The topological polar surface area (TPSA) is 78.0 Å². The summed E-state index contributed by atoms with van der Waals surface area (Å²) in [7, 11) is 0. The second kappa shape index (κ2) is 6.49. The van der Waals surface area contributed by atoms with Gasteiger partial charge in [0.25, 0.3) is 5.56 Å². The lowest BCUT2D eigenvalue weighted by atomic mass is 9.97. The number of aromatic nitrogens is 2. The molecule has 3 rings (SSSR count). The van der Waals surface area contributed by atoms with Gasteiger partial charge in [0.1, 0.15) is 4.83 Å². The van der Waals surface area contributed by atoms with Crippen molar-refractivity contribution in [2.45, 2.75) is 49.6 Å². The Morgan fingerprint density at radius 1 is 1.52 bits per heavy atom. The maximum absolute atomic E-state index is 13.0. The monoisotopic (exact) mass is 349 g/mol. The first-order valence-corrected chi connectivity index (χ1v) is 9.34.